The number of carbonyl (C=O) groups is 1. The van der Waals surface area contributed by atoms with Gasteiger partial charge in [-0.1, -0.05) is 13.8 Å². The van der Waals surface area contributed by atoms with Gasteiger partial charge in [-0.15, -0.1) is 0 Å². The Bertz CT molecular complexity index is 171. The topological polar surface area (TPSA) is 64.3 Å². The summed E-state index contributed by atoms with van der Waals surface area (Å²) in [6.45, 7) is 7.62. The summed E-state index contributed by atoms with van der Waals surface area (Å²) in [6.07, 6.45) is 2.14. The number of ether oxygens (including phenoxy) is 1. The summed E-state index contributed by atoms with van der Waals surface area (Å²) in [5, 5.41) is 2.99. The van der Waals surface area contributed by atoms with Crippen molar-refractivity contribution in [3.63, 3.8) is 0 Å². The summed E-state index contributed by atoms with van der Waals surface area (Å²) in [5.41, 5.74) is 5.45. The molecule has 0 atom stereocenters. The van der Waals surface area contributed by atoms with Crippen molar-refractivity contribution in [2.24, 2.45) is 5.73 Å². The molecule has 4 nitrogen and oxygen atoms in total. The Morgan fingerprint density at radius 2 is 1.93 bits per heavy atom. The zero-order valence-electron chi connectivity index (χ0n) is 10.1. The molecule has 0 unspecified atom stereocenters. The van der Waals surface area contributed by atoms with Crippen molar-refractivity contribution < 1.29 is 9.53 Å². The van der Waals surface area contributed by atoms with Crippen LogP contribution in [0, 0.1) is 0 Å². The van der Waals surface area contributed by atoms with E-state index >= 15 is 0 Å². The first-order valence-corrected chi connectivity index (χ1v) is 5.73. The van der Waals surface area contributed by atoms with Crippen LogP contribution in [0.25, 0.3) is 0 Å². The largest absolute Gasteiger partial charge is 0.381 e. The highest BCUT2D eigenvalue weighted by molar-refractivity contribution is 5.76. The standard InChI is InChI=1S/C11H24N2O2/c1-4-11(5-2,9-12)13-10(14)7-8-15-6-3/h4-9,12H2,1-3H3,(H,13,14). The zero-order valence-corrected chi connectivity index (χ0v) is 10.1. The summed E-state index contributed by atoms with van der Waals surface area (Å²) < 4.78 is 5.13. The third-order valence-corrected chi connectivity index (χ3v) is 2.83. The SMILES string of the molecule is CCOCCC(=O)NC(CC)(CC)CN. The third kappa shape index (κ3) is 5.14. The first kappa shape index (κ1) is 14.4. The average molecular weight is 216 g/mol. The van der Waals surface area contributed by atoms with Gasteiger partial charge in [0.25, 0.3) is 0 Å². The molecule has 0 fully saturated rings. The summed E-state index contributed by atoms with van der Waals surface area (Å²) in [4.78, 5) is 11.6. The van der Waals surface area contributed by atoms with Crippen molar-refractivity contribution in [1.82, 2.24) is 5.32 Å². The predicted molar refractivity (Wildman–Crippen MR) is 61.6 cm³/mol. The molecule has 0 spiro atoms. The van der Waals surface area contributed by atoms with Crippen LogP contribution in [-0.2, 0) is 9.53 Å². The minimum absolute atomic E-state index is 0.0256. The number of rotatable bonds is 8. The van der Waals surface area contributed by atoms with E-state index in [1.807, 2.05) is 20.8 Å². The van der Waals surface area contributed by atoms with E-state index in [0.29, 0.717) is 26.2 Å². The lowest BCUT2D eigenvalue weighted by molar-refractivity contribution is -0.124. The van der Waals surface area contributed by atoms with E-state index in [-0.39, 0.29) is 11.4 Å². The highest BCUT2D eigenvalue weighted by Crippen LogP contribution is 2.13. The van der Waals surface area contributed by atoms with Gasteiger partial charge in [0, 0.05) is 19.6 Å². The Hall–Kier alpha value is -0.610. The second-order valence-electron chi connectivity index (χ2n) is 3.69. The molecule has 15 heavy (non-hydrogen) atoms. The number of hydrogen-bond donors (Lipinski definition) is 2. The van der Waals surface area contributed by atoms with Crippen molar-refractivity contribution in [2.75, 3.05) is 19.8 Å². The van der Waals surface area contributed by atoms with Crippen LogP contribution in [0.2, 0.25) is 0 Å². The lowest BCUT2D eigenvalue weighted by Crippen LogP contribution is -2.53. The zero-order chi connectivity index (χ0) is 11.7. The highest BCUT2D eigenvalue weighted by atomic mass is 16.5. The van der Waals surface area contributed by atoms with Crippen molar-refractivity contribution in [3.8, 4) is 0 Å². The fourth-order valence-corrected chi connectivity index (χ4v) is 1.43. The molecule has 0 bridgehead atoms. The molecule has 0 aliphatic carbocycles. The van der Waals surface area contributed by atoms with Gasteiger partial charge in [-0.2, -0.15) is 0 Å². The summed E-state index contributed by atoms with van der Waals surface area (Å²) >= 11 is 0. The molecule has 0 heterocycles. The van der Waals surface area contributed by atoms with Crippen LogP contribution in [0.15, 0.2) is 0 Å². The van der Waals surface area contributed by atoms with Crippen LogP contribution in [0.5, 0.6) is 0 Å². The first-order valence-electron chi connectivity index (χ1n) is 5.73. The summed E-state index contributed by atoms with van der Waals surface area (Å²) in [6, 6.07) is 0. The number of hydrogen-bond acceptors (Lipinski definition) is 3. The van der Waals surface area contributed by atoms with E-state index in [0.717, 1.165) is 12.8 Å². The molecule has 0 saturated heterocycles. The Labute approximate surface area is 92.6 Å². The van der Waals surface area contributed by atoms with Crippen molar-refractivity contribution in [3.05, 3.63) is 0 Å². The Morgan fingerprint density at radius 1 is 1.33 bits per heavy atom. The van der Waals surface area contributed by atoms with E-state index in [2.05, 4.69) is 5.32 Å². The van der Waals surface area contributed by atoms with E-state index in [4.69, 9.17) is 10.5 Å². The van der Waals surface area contributed by atoms with Gasteiger partial charge in [-0.25, -0.2) is 0 Å². The summed E-state index contributed by atoms with van der Waals surface area (Å²) in [5.74, 6) is 0.0256. The number of nitrogens with two attached hydrogens (primary N) is 1. The number of carbonyl (C=O) groups excluding carboxylic acids is 1. The van der Waals surface area contributed by atoms with Gasteiger partial charge < -0.3 is 15.8 Å². The maximum Gasteiger partial charge on any atom is 0.222 e. The van der Waals surface area contributed by atoms with Gasteiger partial charge in [0.15, 0.2) is 0 Å². The maximum absolute atomic E-state index is 11.6. The molecule has 4 heteroatoms. The second kappa shape index (κ2) is 7.65. The van der Waals surface area contributed by atoms with E-state index in [1.165, 1.54) is 0 Å². The summed E-state index contributed by atoms with van der Waals surface area (Å²) in [7, 11) is 0. The Morgan fingerprint density at radius 3 is 2.33 bits per heavy atom. The van der Waals surface area contributed by atoms with Gasteiger partial charge >= 0.3 is 0 Å². The van der Waals surface area contributed by atoms with Crippen molar-refractivity contribution >= 4 is 5.91 Å². The van der Waals surface area contributed by atoms with Crippen LogP contribution in [0.1, 0.15) is 40.0 Å². The van der Waals surface area contributed by atoms with E-state index < -0.39 is 0 Å². The van der Waals surface area contributed by atoms with Crippen LogP contribution in [-0.4, -0.2) is 31.2 Å². The monoisotopic (exact) mass is 216 g/mol. The van der Waals surface area contributed by atoms with Gasteiger partial charge in [0.1, 0.15) is 0 Å². The lowest BCUT2D eigenvalue weighted by Gasteiger charge is -2.31. The van der Waals surface area contributed by atoms with Crippen LogP contribution in [0.3, 0.4) is 0 Å². The van der Waals surface area contributed by atoms with Crippen molar-refractivity contribution in [2.45, 2.75) is 45.6 Å². The lowest BCUT2D eigenvalue weighted by atomic mass is 9.93. The minimum Gasteiger partial charge on any atom is -0.381 e. The van der Waals surface area contributed by atoms with E-state index in [9.17, 15) is 4.79 Å². The number of amides is 1. The Balaban J connectivity index is 4.00. The van der Waals surface area contributed by atoms with Gasteiger partial charge in [-0.3, -0.25) is 4.79 Å². The predicted octanol–water partition coefficient (Wildman–Crippen LogP) is 1.05. The fraction of sp³-hybridized carbons (Fsp3) is 0.909. The van der Waals surface area contributed by atoms with Gasteiger partial charge in [0.2, 0.25) is 5.91 Å². The molecule has 90 valence electrons. The van der Waals surface area contributed by atoms with E-state index in [1.54, 1.807) is 0 Å². The molecule has 1 amide bonds. The van der Waals surface area contributed by atoms with Crippen LogP contribution < -0.4 is 11.1 Å². The molecule has 3 N–H and O–H groups in total. The molecule has 0 aliphatic heterocycles. The molecule has 0 rings (SSSR count). The third-order valence-electron chi connectivity index (χ3n) is 2.83. The van der Waals surface area contributed by atoms with Crippen LogP contribution in [0.4, 0.5) is 0 Å². The maximum atomic E-state index is 11.6. The normalized spacial score (nSPS) is 11.5. The fourth-order valence-electron chi connectivity index (χ4n) is 1.43. The Kier molecular flexibility index (Phi) is 7.34. The van der Waals surface area contributed by atoms with Crippen molar-refractivity contribution in [1.29, 1.82) is 0 Å². The highest BCUT2D eigenvalue weighted by Gasteiger charge is 2.25. The molecule has 0 aromatic heterocycles. The molecular weight excluding hydrogens is 192 g/mol. The van der Waals surface area contributed by atoms with Gasteiger partial charge in [-0.05, 0) is 19.8 Å². The smallest absolute Gasteiger partial charge is 0.222 e. The van der Waals surface area contributed by atoms with Gasteiger partial charge in [0.05, 0.1) is 12.1 Å². The molecular formula is C11H24N2O2. The molecule has 0 aliphatic rings. The molecule has 0 radical (unpaired) electrons. The molecule has 0 saturated carbocycles. The second-order valence-corrected chi connectivity index (χ2v) is 3.69. The average Bonchev–Trinajstić information content (AvgIpc) is 2.26. The number of nitrogens with one attached hydrogen (secondary N) is 1. The van der Waals surface area contributed by atoms with Crippen LogP contribution >= 0.6 is 0 Å². The molecule has 0 aromatic carbocycles. The first-order chi connectivity index (χ1) is 7.14. The quantitative estimate of drug-likeness (QED) is 0.596. The molecule has 0 aromatic rings. The minimum atomic E-state index is -0.233.